The molecule has 3 nitrogen and oxygen atoms in total. The van der Waals surface area contributed by atoms with E-state index >= 15 is 0 Å². The van der Waals surface area contributed by atoms with Crippen molar-refractivity contribution in [3.63, 3.8) is 0 Å². The first-order chi connectivity index (χ1) is 10.3. The van der Waals surface area contributed by atoms with Crippen molar-refractivity contribution in [3.05, 3.63) is 71.3 Å². The largest absolute Gasteiger partial charge is 0.438 e. The van der Waals surface area contributed by atoms with Crippen molar-refractivity contribution in [2.75, 3.05) is 0 Å². The van der Waals surface area contributed by atoms with E-state index in [1.807, 2.05) is 48.5 Å². The van der Waals surface area contributed by atoms with Gasteiger partial charge in [-0.05, 0) is 35.6 Å². The maximum absolute atomic E-state index is 12.0. The van der Waals surface area contributed by atoms with Gasteiger partial charge in [-0.1, -0.05) is 42.5 Å². The van der Waals surface area contributed by atoms with Gasteiger partial charge in [-0.15, -0.1) is 0 Å². The molecule has 0 saturated carbocycles. The molecule has 21 heavy (non-hydrogen) atoms. The van der Waals surface area contributed by atoms with Crippen LogP contribution >= 0.6 is 0 Å². The van der Waals surface area contributed by atoms with Crippen molar-refractivity contribution in [1.82, 2.24) is 4.90 Å². The maximum atomic E-state index is 12.0. The van der Waals surface area contributed by atoms with Gasteiger partial charge in [0.15, 0.2) is 6.10 Å². The fraction of sp³-hybridized carbons (Fsp3) is 0.167. The van der Waals surface area contributed by atoms with Gasteiger partial charge in [-0.3, -0.25) is 0 Å². The highest BCUT2D eigenvalue weighted by atomic mass is 16.6. The number of carbonyl (C=O) groups excluding carboxylic acids is 1. The second-order valence-electron chi connectivity index (χ2n) is 5.25. The van der Waals surface area contributed by atoms with E-state index in [2.05, 4.69) is 18.0 Å². The summed E-state index contributed by atoms with van der Waals surface area (Å²) >= 11 is 0. The molecular weight excluding hydrogens is 262 g/mol. The van der Waals surface area contributed by atoms with Crippen LogP contribution in [0.5, 0.6) is 0 Å². The van der Waals surface area contributed by atoms with E-state index in [0.29, 0.717) is 0 Å². The van der Waals surface area contributed by atoms with Crippen molar-refractivity contribution < 1.29 is 9.53 Å². The van der Waals surface area contributed by atoms with Crippen molar-refractivity contribution in [2.45, 2.75) is 18.6 Å². The van der Waals surface area contributed by atoms with Gasteiger partial charge in [0.25, 0.3) is 0 Å². The highest BCUT2D eigenvalue weighted by molar-refractivity contribution is 5.74. The Labute approximate surface area is 123 Å². The molecule has 4 rings (SSSR count). The van der Waals surface area contributed by atoms with Crippen LogP contribution in [0.1, 0.15) is 22.8 Å². The van der Waals surface area contributed by atoms with Gasteiger partial charge in [0.2, 0.25) is 0 Å². The molecular formula is C18H13NO2. The lowest BCUT2D eigenvalue weighted by Crippen LogP contribution is -2.29. The highest BCUT2D eigenvalue weighted by Gasteiger charge is 2.47. The molecule has 0 radical (unpaired) electrons. The summed E-state index contributed by atoms with van der Waals surface area (Å²) in [6, 6.07) is 20.7. The molecule has 1 aliphatic heterocycles. The van der Waals surface area contributed by atoms with Crippen molar-refractivity contribution in [3.8, 4) is 12.0 Å². The molecule has 1 saturated heterocycles. The summed E-state index contributed by atoms with van der Waals surface area (Å²) in [4.78, 5) is 13.6. The van der Waals surface area contributed by atoms with E-state index in [-0.39, 0.29) is 18.2 Å². The van der Waals surface area contributed by atoms with E-state index in [1.54, 1.807) is 0 Å². The number of amides is 1. The van der Waals surface area contributed by atoms with Crippen molar-refractivity contribution >= 4 is 6.09 Å². The predicted molar refractivity (Wildman–Crippen MR) is 78.3 cm³/mol. The number of hydrogen-bond donors (Lipinski definition) is 0. The number of ether oxygens (including phenoxy) is 1. The lowest BCUT2D eigenvalue weighted by Gasteiger charge is -2.11. The molecule has 0 unspecified atom stereocenters. The zero-order valence-electron chi connectivity index (χ0n) is 11.3. The zero-order valence-corrected chi connectivity index (χ0v) is 11.3. The SMILES string of the molecule is O=C1O[C@H]2c3ccccc3C[C@H]2N1C#Cc1ccccc1. The Morgan fingerprint density at radius 1 is 1.05 bits per heavy atom. The average molecular weight is 275 g/mol. The Hall–Kier alpha value is -2.73. The van der Waals surface area contributed by atoms with Crippen LogP contribution in [0.3, 0.4) is 0 Å². The molecule has 2 aromatic carbocycles. The Morgan fingerprint density at radius 3 is 2.67 bits per heavy atom. The van der Waals surface area contributed by atoms with Crippen LogP contribution in [0.25, 0.3) is 0 Å². The fourth-order valence-corrected chi connectivity index (χ4v) is 2.98. The first kappa shape index (κ1) is 12.0. The van der Waals surface area contributed by atoms with Crippen LogP contribution in [0.4, 0.5) is 4.79 Å². The zero-order chi connectivity index (χ0) is 14.2. The van der Waals surface area contributed by atoms with Crippen LogP contribution in [0.2, 0.25) is 0 Å². The summed E-state index contributed by atoms with van der Waals surface area (Å²) in [5.41, 5.74) is 3.25. The summed E-state index contributed by atoms with van der Waals surface area (Å²) in [6.07, 6.45) is 0.275. The van der Waals surface area contributed by atoms with E-state index in [1.165, 1.54) is 10.5 Å². The Balaban J connectivity index is 1.64. The molecule has 1 amide bonds. The number of rotatable bonds is 0. The normalized spacial score (nSPS) is 22.1. The topological polar surface area (TPSA) is 29.5 Å². The number of carbonyl (C=O) groups is 1. The number of nitrogens with zero attached hydrogens (tertiary/aromatic N) is 1. The van der Waals surface area contributed by atoms with Gasteiger partial charge >= 0.3 is 6.09 Å². The smallest absolute Gasteiger partial charge is 0.422 e. The van der Waals surface area contributed by atoms with E-state index in [9.17, 15) is 4.79 Å². The number of hydrogen-bond acceptors (Lipinski definition) is 2. The molecule has 0 bridgehead atoms. The molecule has 3 heteroatoms. The molecule has 0 spiro atoms. The minimum Gasteiger partial charge on any atom is -0.438 e. The summed E-state index contributed by atoms with van der Waals surface area (Å²) < 4.78 is 5.50. The average Bonchev–Trinajstić information content (AvgIpc) is 3.01. The molecule has 2 aliphatic rings. The Kier molecular flexibility index (Phi) is 2.68. The highest BCUT2D eigenvalue weighted by Crippen LogP contribution is 2.41. The summed E-state index contributed by atoms with van der Waals surface area (Å²) in [6.45, 7) is 0. The van der Waals surface area contributed by atoms with Crippen LogP contribution in [-0.4, -0.2) is 17.0 Å². The van der Waals surface area contributed by atoms with Crippen molar-refractivity contribution in [1.29, 1.82) is 0 Å². The van der Waals surface area contributed by atoms with Gasteiger partial charge in [0.05, 0.1) is 6.04 Å². The van der Waals surface area contributed by atoms with E-state index in [4.69, 9.17) is 4.74 Å². The van der Waals surface area contributed by atoms with Crippen LogP contribution < -0.4 is 0 Å². The fourth-order valence-electron chi connectivity index (χ4n) is 2.98. The second kappa shape index (κ2) is 4.68. The Bertz CT molecular complexity index is 758. The van der Waals surface area contributed by atoms with Gasteiger partial charge < -0.3 is 4.74 Å². The third kappa shape index (κ3) is 1.96. The summed E-state index contributed by atoms with van der Waals surface area (Å²) in [7, 11) is 0. The quantitative estimate of drug-likeness (QED) is 0.691. The summed E-state index contributed by atoms with van der Waals surface area (Å²) in [5, 5.41) is 0. The third-order valence-corrected chi connectivity index (χ3v) is 3.99. The van der Waals surface area contributed by atoms with E-state index < -0.39 is 0 Å². The standard InChI is InChI=1S/C18H13NO2/c20-18-19(11-10-13-6-2-1-3-7-13)16-12-14-8-4-5-9-15(14)17(16)21-18/h1-9,16-17H,12H2/t16-,17+/m1/s1. The molecule has 0 N–H and O–H groups in total. The van der Waals surface area contributed by atoms with Crippen LogP contribution in [0, 0.1) is 12.0 Å². The minimum atomic E-state index is -0.345. The van der Waals surface area contributed by atoms with Crippen LogP contribution in [-0.2, 0) is 11.2 Å². The maximum Gasteiger partial charge on any atom is 0.422 e. The molecule has 2 atom stereocenters. The van der Waals surface area contributed by atoms with Gasteiger partial charge in [-0.25, -0.2) is 9.69 Å². The van der Waals surface area contributed by atoms with Crippen LogP contribution in [0.15, 0.2) is 54.6 Å². The molecule has 1 aliphatic carbocycles. The first-order valence-corrected chi connectivity index (χ1v) is 6.97. The molecule has 2 aromatic rings. The predicted octanol–water partition coefficient (Wildman–Crippen LogP) is 3.11. The van der Waals surface area contributed by atoms with Gasteiger partial charge in [0.1, 0.15) is 0 Å². The molecule has 0 aromatic heterocycles. The Morgan fingerprint density at radius 2 is 1.81 bits per heavy atom. The third-order valence-electron chi connectivity index (χ3n) is 3.99. The lowest BCUT2D eigenvalue weighted by molar-refractivity contribution is 0.134. The number of fused-ring (bicyclic) bond motifs is 3. The lowest BCUT2D eigenvalue weighted by atomic mass is 10.1. The first-order valence-electron chi connectivity index (χ1n) is 6.97. The summed E-state index contributed by atoms with van der Waals surface area (Å²) in [5.74, 6) is 3.03. The van der Waals surface area contributed by atoms with E-state index in [0.717, 1.165) is 17.5 Å². The molecule has 102 valence electrons. The number of benzene rings is 2. The monoisotopic (exact) mass is 275 g/mol. The molecule has 1 heterocycles. The van der Waals surface area contributed by atoms with Gasteiger partial charge in [-0.2, -0.15) is 0 Å². The molecule has 1 fully saturated rings. The van der Waals surface area contributed by atoms with Gasteiger partial charge in [0, 0.05) is 11.6 Å². The minimum absolute atomic E-state index is 0.00823. The second-order valence-corrected chi connectivity index (χ2v) is 5.25. The van der Waals surface area contributed by atoms with Crippen molar-refractivity contribution in [2.24, 2.45) is 0 Å².